The van der Waals surface area contributed by atoms with E-state index >= 15 is 0 Å². The van der Waals surface area contributed by atoms with E-state index in [4.69, 9.17) is 17.0 Å². The Morgan fingerprint density at radius 1 is 1.14 bits per heavy atom. The molecule has 5 nitrogen and oxygen atoms in total. The topological polar surface area (TPSA) is 67.4 Å². The first-order valence-electron chi connectivity index (χ1n) is 6.45. The van der Waals surface area contributed by atoms with E-state index in [2.05, 4.69) is 10.0 Å². The van der Waals surface area contributed by atoms with Gasteiger partial charge in [-0.2, -0.15) is 0 Å². The molecule has 0 bridgehead atoms. The van der Waals surface area contributed by atoms with E-state index in [1.54, 1.807) is 43.5 Å². The Morgan fingerprint density at radius 3 is 2.45 bits per heavy atom. The summed E-state index contributed by atoms with van der Waals surface area (Å²) in [6.45, 7) is 1.89. The minimum absolute atomic E-state index is 0.00571. The summed E-state index contributed by atoms with van der Waals surface area (Å²) in [6.07, 6.45) is 0. The number of sulfonamides is 1. The van der Waals surface area contributed by atoms with Gasteiger partial charge in [0.05, 0.1) is 12.0 Å². The number of ether oxygens (including phenoxy) is 1. The highest BCUT2D eigenvalue weighted by atomic mass is 32.2. The first kappa shape index (κ1) is 16.3. The number of hydrogen-bond donors (Lipinski definition) is 2. The summed E-state index contributed by atoms with van der Waals surface area (Å²) in [5.41, 5.74) is 1.62. The highest BCUT2D eigenvalue weighted by Crippen LogP contribution is 2.17. The Morgan fingerprint density at radius 2 is 1.82 bits per heavy atom. The summed E-state index contributed by atoms with van der Waals surface area (Å²) in [4.78, 5) is 0.160. The van der Waals surface area contributed by atoms with Crippen LogP contribution in [0.15, 0.2) is 53.4 Å². The lowest BCUT2D eigenvalue weighted by molar-refractivity contribution is 0.415. The highest BCUT2D eigenvalue weighted by Gasteiger charge is 2.15. The lowest BCUT2D eigenvalue weighted by Gasteiger charge is -2.12. The number of nitrogens with one attached hydrogen (secondary N) is 2. The van der Waals surface area contributed by atoms with Crippen molar-refractivity contribution in [2.45, 2.75) is 11.8 Å². The second-order valence-corrected chi connectivity index (χ2v) is 6.70. The van der Waals surface area contributed by atoms with E-state index in [0.29, 0.717) is 11.4 Å². The lowest BCUT2D eigenvalue weighted by Crippen LogP contribution is -2.34. The van der Waals surface area contributed by atoms with Crippen LogP contribution in [0.3, 0.4) is 0 Å². The smallest absolute Gasteiger partial charge is 0.263 e. The SMILES string of the molecule is COc1cccc(NC(=S)NS(=O)(=O)c2ccc(C)cc2)c1. The van der Waals surface area contributed by atoms with Crippen LogP contribution in [0.1, 0.15) is 5.56 Å². The molecule has 2 rings (SSSR count). The molecule has 0 spiro atoms. The van der Waals surface area contributed by atoms with Crippen LogP contribution in [-0.2, 0) is 10.0 Å². The summed E-state index contributed by atoms with van der Waals surface area (Å²) in [7, 11) is -2.14. The van der Waals surface area contributed by atoms with Crippen molar-refractivity contribution >= 4 is 33.0 Å². The van der Waals surface area contributed by atoms with Gasteiger partial charge in [0, 0.05) is 11.8 Å². The second kappa shape index (κ2) is 6.76. The molecule has 0 aliphatic rings. The fourth-order valence-corrected chi connectivity index (χ4v) is 3.11. The molecule has 2 aromatic carbocycles. The predicted molar refractivity (Wildman–Crippen MR) is 90.7 cm³/mol. The summed E-state index contributed by atoms with van der Waals surface area (Å²) >= 11 is 5.05. The molecule has 0 fully saturated rings. The van der Waals surface area contributed by atoms with Crippen LogP contribution in [0.5, 0.6) is 5.75 Å². The predicted octanol–water partition coefficient (Wildman–Crippen LogP) is 2.68. The first-order valence-corrected chi connectivity index (χ1v) is 8.34. The second-order valence-electron chi connectivity index (χ2n) is 4.60. The van der Waals surface area contributed by atoms with Gasteiger partial charge in [0.2, 0.25) is 0 Å². The Bertz CT molecular complexity index is 772. The van der Waals surface area contributed by atoms with Crippen molar-refractivity contribution < 1.29 is 13.2 Å². The van der Waals surface area contributed by atoms with Crippen molar-refractivity contribution in [1.29, 1.82) is 0 Å². The Balaban J connectivity index is 2.09. The quantitative estimate of drug-likeness (QED) is 0.840. The average Bonchev–Trinajstić information content (AvgIpc) is 2.47. The Kier molecular flexibility index (Phi) is 4.99. The third kappa shape index (κ3) is 4.19. The summed E-state index contributed by atoms with van der Waals surface area (Å²) in [6, 6.07) is 13.6. The monoisotopic (exact) mass is 336 g/mol. The van der Waals surface area contributed by atoms with Crippen molar-refractivity contribution in [1.82, 2.24) is 4.72 Å². The molecule has 7 heteroatoms. The van der Waals surface area contributed by atoms with Crippen LogP contribution in [0, 0.1) is 6.92 Å². The Hall–Kier alpha value is -2.12. The first-order chi connectivity index (χ1) is 10.4. The molecule has 0 unspecified atom stereocenters. The van der Waals surface area contributed by atoms with Crippen LogP contribution >= 0.6 is 12.2 Å². The minimum atomic E-state index is -3.70. The summed E-state index contributed by atoms with van der Waals surface area (Å²) in [5.74, 6) is 0.647. The van der Waals surface area contributed by atoms with Gasteiger partial charge in [0.25, 0.3) is 10.0 Å². The molecule has 22 heavy (non-hydrogen) atoms. The largest absolute Gasteiger partial charge is 0.497 e. The molecule has 0 aliphatic carbocycles. The maximum Gasteiger partial charge on any atom is 0.263 e. The van der Waals surface area contributed by atoms with E-state index in [0.717, 1.165) is 5.56 Å². The molecule has 0 saturated carbocycles. The zero-order valence-electron chi connectivity index (χ0n) is 12.2. The molecule has 2 N–H and O–H groups in total. The molecule has 116 valence electrons. The third-order valence-electron chi connectivity index (χ3n) is 2.89. The summed E-state index contributed by atoms with van der Waals surface area (Å²) < 4.78 is 31.8. The van der Waals surface area contributed by atoms with E-state index in [1.165, 1.54) is 12.1 Å². The van der Waals surface area contributed by atoms with Crippen LogP contribution in [0.4, 0.5) is 5.69 Å². The number of thiocarbonyl (C=S) groups is 1. The van der Waals surface area contributed by atoms with E-state index < -0.39 is 10.0 Å². The molecule has 0 aromatic heterocycles. The molecule has 0 saturated heterocycles. The van der Waals surface area contributed by atoms with Gasteiger partial charge in [0.15, 0.2) is 5.11 Å². The fourth-order valence-electron chi connectivity index (χ4n) is 1.76. The maximum absolute atomic E-state index is 12.2. The highest BCUT2D eigenvalue weighted by molar-refractivity contribution is 7.92. The maximum atomic E-state index is 12.2. The van der Waals surface area contributed by atoms with E-state index in [1.807, 2.05) is 6.92 Å². The van der Waals surface area contributed by atoms with Gasteiger partial charge >= 0.3 is 0 Å². The number of rotatable bonds is 4. The van der Waals surface area contributed by atoms with Crippen LogP contribution in [0.2, 0.25) is 0 Å². The molecule has 0 amide bonds. The van der Waals surface area contributed by atoms with Crippen LogP contribution in [-0.4, -0.2) is 20.6 Å². The minimum Gasteiger partial charge on any atom is -0.497 e. The number of aryl methyl sites for hydroxylation is 1. The van der Waals surface area contributed by atoms with Gasteiger partial charge in [-0.25, -0.2) is 8.42 Å². The standard InChI is InChI=1S/C15H16N2O3S2/c1-11-6-8-14(9-7-11)22(18,19)17-15(21)16-12-4-3-5-13(10-12)20-2/h3-10H,1-2H3,(H2,16,17,21). The van der Waals surface area contributed by atoms with Gasteiger partial charge in [-0.05, 0) is 43.4 Å². The molecule has 2 aromatic rings. The number of anilines is 1. The van der Waals surface area contributed by atoms with Gasteiger partial charge in [-0.15, -0.1) is 0 Å². The van der Waals surface area contributed by atoms with Crippen molar-refractivity contribution in [3.8, 4) is 5.75 Å². The van der Waals surface area contributed by atoms with Gasteiger partial charge in [-0.1, -0.05) is 23.8 Å². The lowest BCUT2D eigenvalue weighted by atomic mass is 10.2. The molecule has 0 heterocycles. The molecular weight excluding hydrogens is 320 g/mol. The Labute approximate surface area is 135 Å². The van der Waals surface area contributed by atoms with Crippen molar-refractivity contribution in [2.24, 2.45) is 0 Å². The van der Waals surface area contributed by atoms with Gasteiger partial charge in [0.1, 0.15) is 5.75 Å². The number of benzene rings is 2. The van der Waals surface area contributed by atoms with E-state index in [-0.39, 0.29) is 10.0 Å². The van der Waals surface area contributed by atoms with E-state index in [9.17, 15) is 8.42 Å². The molecule has 0 radical (unpaired) electrons. The van der Waals surface area contributed by atoms with Crippen molar-refractivity contribution in [3.05, 3.63) is 54.1 Å². The zero-order valence-corrected chi connectivity index (χ0v) is 13.8. The van der Waals surface area contributed by atoms with Crippen LogP contribution in [0.25, 0.3) is 0 Å². The van der Waals surface area contributed by atoms with Gasteiger partial charge in [-0.3, -0.25) is 4.72 Å². The zero-order chi connectivity index (χ0) is 16.2. The third-order valence-corrected chi connectivity index (χ3v) is 4.58. The average molecular weight is 336 g/mol. The van der Waals surface area contributed by atoms with Gasteiger partial charge < -0.3 is 10.1 Å². The fraction of sp³-hybridized carbons (Fsp3) is 0.133. The van der Waals surface area contributed by atoms with Crippen molar-refractivity contribution in [2.75, 3.05) is 12.4 Å². The number of methoxy groups -OCH3 is 1. The summed E-state index contributed by atoms with van der Waals surface area (Å²) in [5, 5.41) is 2.81. The molecule has 0 aliphatic heterocycles. The van der Waals surface area contributed by atoms with Crippen LogP contribution < -0.4 is 14.8 Å². The number of hydrogen-bond acceptors (Lipinski definition) is 4. The molecular formula is C15H16N2O3S2. The molecule has 0 atom stereocenters. The normalized spacial score (nSPS) is 10.8. The van der Waals surface area contributed by atoms with Crippen molar-refractivity contribution in [3.63, 3.8) is 0 Å².